The van der Waals surface area contributed by atoms with Gasteiger partial charge in [-0.25, -0.2) is 4.39 Å². The molecule has 1 saturated heterocycles. The molecule has 2 aromatic rings. The summed E-state index contributed by atoms with van der Waals surface area (Å²) in [5.74, 6) is -1.04. The van der Waals surface area contributed by atoms with Gasteiger partial charge in [-0.2, -0.15) is 5.10 Å². The smallest absolute Gasteiger partial charge is 0.240 e. The van der Waals surface area contributed by atoms with Crippen molar-refractivity contribution in [1.82, 2.24) is 5.32 Å². The maximum atomic E-state index is 12.9. The third-order valence-corrected chi connectivity index (χ3v) is 5.15. The van der Waals surface area contributed by atoms with Crippen LogP contribution in [0.25, 0.3) is 0 Å². The van der Waals surface area contributed by atoms with Gasteiger partial charge in [0.25, 0.3) is 0 Å². The third kappa shape index (κ3) is 5.40. The topological polar surface area (TPSA) is 82.9 Å². The Balaban J connectivity index is 1.58. The van der Waals surface area contributed by atoms with Crippen molar-refractivity contribution in [3.63, 3.8) is 0 Å². The molecule has 1 aliphatic heterocycles. The van der Waals surface area contributed by atoms with Gasteiger partial charge in [-0.3, -0.25) is 9.59 Å². The lowest BCUT2D eigenvalue weighted by Gasteiger charge is -2.07. The number of thioether (sulfide) groups is 1. The standard InChI is InChI=1S/C19H16ClFN4O2S/c1-11(12-2-4-13(20)5-3-12)24-25-19-23-18(27)16(28-19)10-17(26)22-15-8-6-14(21)7-9-15/h2-9,16H,10H2,1H3,(H,22,26)(H,23,25,27)/b24-11+. The van der Waals surface area contributed by atoms with Crippen molar-refractivity contribution >= 4 is 51.7 Å². The van der Waals surface area contributed by atoms with E-state index in [0.717, 1.165) is 17.3 Å². The Kier molecular flexibility index (Phi) is 6.43. The normalized spacial score (nSPS) is 18.2. The largest absolute Gasteiger partial charge is 0.326 e. The molecule has 1 atom stereocenters. The van der Waals surface area contributed by atoms with Crippen LogP contribution in [-0.2, 0) is 9.59 Å². The van der Waals surface area contributed by atoms with Gasteiger partial charge in [0.1, 0.15) is 11.1 Å². The molecule has 1 heterocycles. The first kappa shape index (κ1) is 20.0. The zero-order valence-electron chi connectivity index (χ0n) is 14.8. The average Bonchev–Trinajstić information content (AvgIpc) is 3.01. The summed E-state index contributed by atoms with van der Waals surface area (Å²) in [6.45, 7) is 1.79. The Labute approximate surface area is 170 Å². The van der Waals surface area contributed by atoms with E-state index in [0.29, 0.717) is 21.6 Å². The summed E-state index contributed by atoms with van der Waals surface area (Å²) >= 11 is 7.00. The van der Waals surface area contributed by atoms with Crippen molar-refractivity contribution in [2.24, 2.45) is 10.2 Å². The van der Waals surface area contributed by atoms with E-state index in [1.807, 2.05) is 12.1 Å². The fourth-order valence-corrected chi connectivity index (χ4v) is 3.41. The van der Waals surface area contributed by atoms with E-state index < -0.39 is 5.25 Å². The Morgan fingerprint density at radius 3 is 2.57 bits per heavy atom. The fourth-order valence-electron chi connectivity index (χ4n) is 2.37. The first-order valence-electron chi connectivity index (χ1n) is 8.32. The molecule has 1 unspecified atom stereocenters. The van der Waals surface area contributed by atoms with Gasteiger partial charge in [-0.15, -0.1) is 5.10 Å². The molecule has 9 heteroatoms. The van der Waals surface area contributed by atoms with Crippen LogP contribution in [0.3, 0.4) is 0 Å². The molecule has 6 nitrogen and oxygen atoms in total. The zero-order valence-corrected chi connectivity index (χ0v) is 16.4. The second-order valence-corrected chi connectivity index (χ2v) is 7.58. The quantitative estimate of drug-likeness (QED) is 0.572. The Morgan fingerprint density at radius 1 is 1.21 bits per heavy atom. The zero-order chi connectivity index (χ0) is 20.1. The molecular formula is C19H16ClFN4O2S. The molecule has 0 saturated carbocycles. The second kappa shape index (κ2) is 8.99. The first-order chi connectivity index (χ1) is 13.4. The molecule has 0 spiro atoms. The number of amidine groups is 1. The third-order valence-electron chi connectivity index (χ3n) is 3.83. The van der Waals surface area contributed by atoms with Gasteiger partial charge in [0.15, 0.2) is 5.17 Å². The minimum absolute atomic E-state index is 0.0349. The number of carbonyl (C=O) groups excluding carboxylic acids is 2. The highest BCUT2D eigenvalue weighted by molar-refractivity contribution is 8.15. The van der Waals surface area contributed by atoms with E-state index in [4.69, 9.17) is 11.6 Å². The lowest BCUT2D eigenvalue weighted by molar-refractivity contribution is -0.122. The van der Waals surface area contributed by atoms with Gasteiger partial charge < -0.3 is 10.6 Å². The summed E-state index contributed by atoms with van der Waals surface area (Å²) in [5.41, 5.74) is 1.99. The Hall–Kier alpha value is -2.71. The van der Waals surface area contributed by atoms with Crippen molar-refractivity contribution in [2.45, 2.75) is 18.6 Å². The molecule has 2 N–H and O–H groups in total. The number of nitrogens with zero attached hydrogens (tertiary/aromatic N) is 2. The SMILES string of the molecule is C/C(=N\N=C1\NC(=O)C(CC(=O)Nc2ccc(F)cc2)S1)c1ccc(Cl)cc1. The molecule has 2 amide bonds. The van der Waals surface area contributed by atoms with Gasteiger partial charge >= 0.3 is 0 Å². The molecule has 0 aromatic heterocycles. The van der Waals surface area contributed by atoms with E-state index in [2.05, 4.69) is 20.8 Å². The van der Waals surface area contributed by atoms with Crippen LogP contribution >= 0.6 is 23.4 Å². The van der Waals surface area contributed by atoms with E-state index in [1.54, 1.807) is 19.1 Å². The number of hydrogen-bond donors (Lipinski definition) is 2. The molecule has 1 aliphatic rings. The van der Waals surface area contributed by atoms with E-state index >= 15 is 0 Å². The molecule has 0 bridgehead atoms. The highest BCUT2D eigenvalue weighted by Crippen LogP contribution is 2.23. The van der Waals surface area contributed by atoms with Crippen LogP contribution < -0.4 is 10.6 Å². The lowest BCUT2D eigenvalue weighted by atomic mass is 10.1. The van der Waals surface area contributed by atoms with E-state index in [-0.39, 0.29) is 24.1 Å². The highest BCUT2D eigenvalue weighted by atomic mass is 35.5. The second-order valence-electron chi connectivity index (χ2n) is 5.95. The van der Waals surface area contributed by atoms with Crippen LogP contribution in [0.5, 0.6) is 0 Å². The van der Waals surface area contributed by atoms with Gasteiger partial charge in [0, 0.05) is 17.1 Å². The number of amides is 2. The molecule has 2 aromatic carbocycles. The average molecular weight is 419 g/mol. The summed E-state index contributed by atoms with van der Waals surface area (Å²) < 4.78 is 12.9. The first-order valence-corrected chi connectivity index (χ1v) is 9.57. The van der Waals surface area contributed by atoms with Crippen molar-refractivity contribution in [2.75, 3.05) is 5.32 Å². The van der Waals surface area contributed by atoms with E-state index in [9.17, 15) is 14.0 Å². The summed E-state index contributed by atoms with van der Waals surface area (Å²) in [4.78, 5) is 24.2. The van der Waals surface area contributed by atoms with Crippen LogP contribution in [0.15, 0.2) is 58.7 Å². The van der Waals surface area contributed by atoms with Crippen LogP contribution in [-0.4, -0.2) is 27.9 Å². The number of hydrogen-bond acceptors (Lipinski definition) is 5. The number of carbonyl (C=O) groups is 2. The Morgan fingerprint density at radius 2 is 1.89 bits per heavy atom. The highest BCUT2D eigenvalue weighted by Gasteiger charge is 2.32. The molecule has 3 rings (SSSR count). The molecule has 0 aliphatic carbocycles. The van der Waals surface area contributed by atoms with Crippen LogP contribution in [0, 0.1) is 5.82 Å². The number of halogens is 2. The molecule has 144 valence electrons. The summed E-state index contributed by atoms with van der Waals surface area (Å²) in [6, 6.07) is 12.6. The molecular weight excluding hydrogens is 403 g/mol. The van der Waals surface area contributed by atoms with Gasteiger partial charge in [-0.1, -0.05) is 35.5 Å². The van der Waals surface area contributed by atoms with Crippen molar-refractivity contribution in [3.8, 4) is 0 Å². The fraction of sp³-hybridized carbons (Fsp3) is 0.158. The maximum absolute atomic E-state index is 12.9. The van der Waals surface area contributed by atoms with Gasteiger partial charge in [0.2, 0.25) is 11.8 Å². The van der Waals surface area contributed by atoms with Crippen molar-refractivity contribution in [1.29, 1.82) is 0 Å². The predicted octanol–water partition coefficient (Wildman–Crippen LogP) is 3.82. The molecule has 0 radical (unpaired) electrons. The molecule has 28 heavy (non-hydrogen) atoms. The Bertz CT molecular complexity index is 945. The van der Waals surface area contributed by atoms with Crippen LogP contribution in [0.1, 0.15) is 18.9 Å². The maximum Gasteiger partial charge on any atom is 0.240 e. The van der Waals surface area contributed by atoms with Crippen molar-refractivity contribution in [3.05, 3.63) is 64.9 Å². The van der Waals surface area contributed by atoms with Crippen LogP contribution in [0.4, 0.5) is 10.1 Å². The number of nitrogens with one attached hydrogen (secondary N) is 2. The summed E-state index contributed by atoms with van der Waals surface area (Å²) in [7, 11) is 0. The number of rotatable bonds is 5. The predicted molar refractivity (Wildman–Crippen MR) is 110 cm³/mol. The van der Waals surface area contributed by atoms with Crippen LogP contribution in [0.2, 0.25) is 5.02 Å². The number of anilines is 1. The summed E-state index contributed by atoms with van der Waals surface area (Å²) in [6.07, 6.45) is -0.0349. The van der Waals surface area contributed by atoms with Gasteiger partial charge in [-0.05, 0) is 48.9 Å². The van der Waals surface area contributed by atoms with Gasteiger partial charge in [0.05, 0.1) is 5.71 Å². The number of benzene rings is 2. The summed E-state index contributed by atoms with van der Waals surface area (Å²) in [5, 5.41) is 13.8. The minimum atomic E-state index is -0.606. The monoisotopic (exact) mass is 418 g/mol. The molecule has 1 fully saturated rings. The minimum Gasteiger partial charge on any atom is -0.326 e. The van der Waals surface area contributed by atoms with Crippen molar-refractivity contribution < 1.29 is 14.0 Å². The van der Waals surface area contributed by atoms with E-state index in [1.165, 1.54) is 24.3 Å². The lowest BCUT2D eigenvalue weighted by Crippen LogP contribution is -2.28.